The first-order valence-corrected chi connectivity index (χ1v) is 7.78. The molecule has 0 aliphatic carbocycles. The molecular weight excluding hydrogens is 326 g/mol. The number of pyridine rings is 1. The summed E-state index contributed by atoms with van der Waals surface area (Å²) in [6, 6.07) is 11.3. The van der Waals surface area contributed by atoms with Gasteiger partial charge >= 0.3 is 0 Å². The van der Waals surface area contributed by atoms with Gasteiger partial charge in [-0.15, -0.1) is 0 Å². The van der Waals surface area contributed by atoms with Crippen LogP contribution in [-0.4, -0.2) is 14.8 Å². The SMILES string of the molecule is Cn1ncc(NCc2ccccc2OCc2cccnc2)c1C(F)F. The van der Waals surface area contributed by atoms with Crippen LogP contribution in [0.15, 0.2) is 55.0 Å². The quantitative estimate of drug-likeness (QED) is 0.705. The second-order valence-electron chi connectivity index (χ2n) is 5.48. The Morgan fingerprint density at radius 3 is 2.76 bits per heavy atom. The summed E-state index contributed by atoms with van der Waals surface area (Å²) < 4.78 is 33.2. The third kappa shape index (κ3) is 4.12. The van der Waals surface area contributed by atoms with Crippen molar-refractivity contribution in [3.63, 3.8) is 0 Å². The highest BCUT2D eigenvalue weighted by Gasteiger charge is 2.18. The smallest absolute Gasteiger partial charge is 0.282 e. The predicted octanol–water partition coefficient (Wildman–Crippen LogP) is 3.94. The molecule has 3 rings (SSSR count). The van der Waals surface area contributed by atoms with Gasteiger partial charge in [0.25, 0.3) is 6.43 Å². The molecule has 0 fully saturated rings. The molecule has 0 bridgehead atoms. The minimum atomic E-state index is -2.59. The van der Waals surface area contributed by atoms with E-state index in [0.717, 1.165) is 11.1 Å². The number of aryl methyl sites for hydroxylation is 1. The van der Waals surface area contributed by atoms with Gasteiger partial charge in [0.1, 0.15) is 18.1 Å². The summed E-state index contributed by atoms with van der Waals surface area (Å²) in [5, 5.41) is 6.90. The van der Waals surface area contributed by atoms with Gasteiger partial charge in [-0.25, -0.2) is 8.78 Å². The summed E-state index contributed by atoms with van der Waals surface area (Å²) in [6.07, 6.45) is 2.26. The van der Waals surface area contributed by atoms with Gasteiger partial charge < -0.3 is 10.1 Å². The Morgan fingerprint density at radius 1 is 1.16 bits per heavy atom. The van der Waals surface area contributed by atoms with Crippen LogP contribution in [0.2, 0.25) is 0 Å². The van der Waals surface area contributed by atoms with Crippen LogP contribution in [0.5, 0.6) is 5.75 Å². The summed E-state index contributed by atoms with van der Waals surface area (Å²) in [4.78, 5) is 4.05. The molecule has 2 heterocycles. The molecule has 0 aliphatic heterocycles. The fraction of sp³-hybridized carbons (Fsp3) is 0.222. The molecule has 0 saturated heterocycles. The van der Waals surface area contributed by atoms with Gasteiger partial charge in [0.2, 0.25) is 0 Å². The van der Waals surface area contributed by atoms with Gasteiger partial charge in [0.15, 0.2) is 0 Å². The first-order chi connectivity index (χ1) is 12.1. The van der Waals surface area contributed by atoms with E-state index in [1.54, 1.807) is 12.4 Å². The minimum Gasteiger partial charge on any atom is -0.488 e. The zero-order valence-electron chi connectivity index (χ0n) is 13.7. The number of benzene rings is 1. The number of hydrogen-bond acceptors (Lipinski definition) is 4. The standard InChI is InChI=1S/C18H18F2N4O/c1-24-17(18(19)20)15(11-23-24)22-10-14-6-2-3-7-16(14)25-12-13-5-4-8-21-9-13/h2-9,11,18,22H,10,12H2,1H3. The average Bonchev–Trinajstić information content (AvgIpc) is 3.00. The van der Waals surface area contributed by atoms with E-state index in [9.17, 15) is 8.78 Å². The van der Waals surface area contributed by atoms with E-state index in [0.29, 0.717) is 24.6 Å². The van der Waals surface area contributed by atoms with Crippen LogP contribution >= 0.6 is 0 Å². The Labute approximate surface area is 144 Å². The van der Waals surface area contributed by atoms with Crippen LogP contribution in [0.3, 0.4) is 0 Å². The molecule has 130 valence electrons. The normalized spacial score (nSPS) is 10.9. The minimum absolute atomic E-state index is 0.131. The average molecular weight is 344 g/mol. The highest BCUT2D eigenvalue weighted by Crippen LogP contribution is 2.27. The van der Waals surface area contributed by atoms with Crippen LogP contribution in [0.4, 0.5) is 14.5 Å². The van der Waals surface area contributed by atoms with Crippen molar-refractivity contribution in [2.75, 3.05) is 5.32 Å². The Kier molecular flexibility index (Phi) is 5.23. The summed E-state index contributed by atoms with van der Waals surface area (Å²) in [5.41, 5.74) is 2.02. The molecule has 5 nitrogen and oxygen atoms in total. The number of halogens is 2. The molecule has 1 aromatic carbocycles. The van der Waals surface area contributed by atoms with Gasteiger partial charge in [-0.1, -0.05) is 24.3 Å². The number of para-hydroxylation sites is 1. The lowest BCUT2D eigenvalue weighted by molar-refractivity contribution is 0.141. The van der Waals surface area contributed by atoms with Gasteiger partial charge in [-0.2, -0.15) is 5.10 Å². The molecule has 25 heavy (non-hydrogen) atoms. The number of ether oxygens (including phenoxy) is 1. The van der Waals surface area contributed by atoms with Gasteiger partial charge in [0, 0.05) is 37.1 Å². The van der Waals surface area contributed by atoms with Crippen molar-refractivity contribution in [3.05, 3.63) is 71.8 Å². The molecular formula is C18H18F2N4O. The zero-order valence-corrected chi connectivity index (χ0v) is 13.7. The van der Waals surface area contributed by atoms with Crippen molar-refractivity contribution in [2.24, 2.45) is 7.05 Å². The molecule has 0 spiro atoms. The summed E-state index contributed by atoms with van der Waals surface area (Å²) in [7, 11) is 1.50. The Morgan fingerprint density at radius 2 is 2.00 bits per heavy atom. The second-order valence-corrected chi connectivity index (χ2v) is 5.48. The number of anilines is 1. The number of rotatable bonds is 7. The molecule has 0 saturated carbocycles. The Balaban J connectivity index is 1.69. The number of hydrogen-bond donors (Lipinski definition) is 1. The molecule has 0 atom stereocenters. The van der Waals surface area contributed by atoms with Crippen LogP contribution in [-0.2, 0) is 20.2 Å². The lowest BCUT2D eigenvalue weighted by Crippen LogP contribution is -2.06. The van der Waals surface area contributed by atoms with E-state index in [-0.39, 0.29) is 5.69 Å². The van der Waals surface area contributed by atoms with Crippen molar-refractivity contribution >= 4 is 5.69 Å². The first-order valence-electron chi connectivity index (χ1n) is 7.78. The second kappa shape index (κ2) is 7.74. The Bertz CT molecular complexity index is 821. The van der Waals surface area contributed by atoms with Crippen LogP contribution in [0.25, 0.3) is 0 Å². The topological polar surface area (TPSA) is 52.0 Å². The number of aromatic nitrogens is 3. The van der Waals surface area contributed by atoms with Crippen molar-refractivity contribution < 1.29 is 13.5 Å². The highest BCUT2D eigenvalue weighted by molar-refractivity contribution is 5.48. The lowest BCUT2D eigenvalue weighted by Gasteiger charge is -2.13. The number of nitrogens with zero attached hydrogens (tertiary/aromatic N) is 3. The maximum atomic E-state index is 13.1. The van der Waals surface area contributed by atoms with Crippen molar-refractivity contribution in [1.82, 2.24) is 14.8 Å². The molecule has 0 unspecified atom stereocenters. The third-order valence-electron chi connectivity index (χ3n) is 3.75. The Hall–Kier alpha value is -2.96. The van der Waals surface area contributed by atoms with Crippen molar-refractivity contribution in [3.8, 4) is 5.75 Å². The zero-order chi connectivity index (χ0) is 17.6. The van der Waals surface area contributed by atoms with E-state index >= 15 is 0 Å². The van der Waals surface area contributed by atoms with Crippen LogP contribution in [0, 0.1) is 0 Å². The fourth-order valence-corrected chi connectivity index (χ4v) is 2.47. The van der Waals surface area contributed by atoms with E-state index < -0.39 is 6.43 Å². The molecule has 7 heteroatoms. The monoisotopic (exact) mass is 344 g/mol. The summed E-state index contributed by atoms with van der Waals surface area (Å²) >= 11 is 0. The largest absolute Gasteiger partial charge is 0.488 e. The molecule has 0 radical (unpaired) electrons. The highest BCUT2D eigenvalue weighted by atomic mass is 19.3. The summed E-state index contributed by atoms with van der Waals surface area (Å²) in [5.74, 6) is 0.696. The van der Waals surface area contributed by atoms with Gasteiger partial charge in [0.05, 0.1) is 11.9 Å². The van der Waals surface area contributed by atoms with Crippen LogP contribution in [0.1, 0.15) is 23.2 Å². The van der Waals surface area contributed by atoms with Gasteiger partial charge in [-0.3, -0.25) is 9.67 Å². The fourth-order valence-electron chi connectivity index (χ4n) is 2.47. The van der Waals surface area contributed by atoms with Crippen molar-refractivity contribution in [1.29, 1.82) is 0 Å². The number of nitrogens with one attached hydrogen (secondary N) is 1. The molecule has 0 amide bonds. The maximum absolute atomic E-state index is 13.1. The lowest BCUT2D eigenvalue weighted by atomic mass is 10.2. The molecule has 0 aliphatic rings. The van der Waals surface area contributed by atoms with Crippen LogP contribution < -0.4 is 10.1 Å². The van der Waals surface area contributed by atoms with E-state index in [4.69, 9.17) is 4.74 Å². The first kappa shape index (κ1) is 16.9. The van der Waals surface area contributed by atoms with E-state index in [2.05, 4.69) is 15.4 Å². The van der Waals surface area contributed by atoms with E-state index in [1.807, 2.05) is 36.4 Å². The predicted molar refractivity (Wildman–Crippen MR) is 90.5 cm³/mol. The maximum Gasteiger partial charge on any atom is 0.282 e. The van der Waals surface area contributed by atoms with Crippen molar-refractivity contribution in [2.45, 2.75) is 19.6 Å². The molecule has 1 N–H and O–H groups in total. The molecule has 3 aromatic rings. The third-order valence-corrected chi connectivity index (χ3v) is 3.75. The van der Waals surface area contributed by atoms with E-state index in [1.165, 1.54) is 17.9 Å². The van der Waals surface area contributed by atoms with Gasteiger partial charge in [-0.05, 0) is 12.1 Å². The number of alkyl halides is 2. The molecule has 2 aromatic heterocycles. The summed E-state index contributed by atoms with van der Waals surface area (Å²) in [6.45, 7) is 0.745.